The number of hydrogen-bond acceptors (Lipinski definition) is 0. The highest BCUT2D eigenvalue weighted by Gasteiger charge is 2.18. The second-order valence-corrected chi connectivity index (χ2v) is 11.2. The zero-order valence-corrected chi connectivity index (χ0v) is 22.9. The third-order valence-electron chi connectivity index (χ3n) is 8.96. The largest absolute Gasteiger partial charge is 0.354 e. The van der Waals surface area contributed by atoms with Crippen LogP contribution in [0.1, 0.15) is 11.1 Å². The van der Waals surface area contributed by atoms with Gasteiger partial charge in [-0.25, -0.2) is 0 Å². The van der Waals surface area contributed by atoms with E-state index < -0.39 is 0 Å². The lowest BCUT2D eigenvalue weighted by molar-refractivity contribution is 1.16. The van der Waals surface area contributed by atoms with Gasteiger partial charge in [0.05, 0.1) is 22.1 Å². The molecule has 0 unspecified atom stereocenters. The quantitative estimate of drug-likeness (QED) is 0.232. The first-order valence-electron chi connectivity index (χ1n) is 14.2. The van der Waals surface area contributed by atoms with Crippen molar-refractivity contribution < 1.29 is 0 Å². The lowest BCUT2D eigenvalue weighted by Gasteiger charge is -2.13. The van der Waals surface area contributed by atoms with Crippen LogP contribution in [-0.4, -0.2) is 14.1 Å². The molecule has 0 aliphatic heterocycles. The van der Waals surface area contributed by atoms with Crippen LogP contribution in [0.5, 0.6) is 0 Å². The van der Waals surface area contributed by atoms with Gasteiger partial charge in [-0.2, -0.15) is 0 Å². The molecule has 0 radical (unpaired) electrons. The van der Waals surface area contributed by atoms with Crippen LogP contribution in [0, 0.1) is 13.8 Å². The summed E-state index contributed by atoms with van der Waals surface area (Å²) >= 11 is 0. The molecule has 0 amide bonds. The predicted molar refractivity (Wildman–Crippen MR) is 174 cm³/mol. The molecule has 6 aromatic carbocycles. The maximum Gasteiger partial charge on any atom is 0.0543 e. The molecule has 0 saturated heterocycles. The van der Waals surface area contributed by atoms with Gasteiger partial charge in [0.2, 0.25) is 0 Å². The van der Waals surface area contributed by atoms with Crippen molar-refractivity contribution in [3.05, 3.63) is 132 Å². The molecule has 3 aromatic heterocycles. The van der Waals surface area contributed by atoms with Gasteiger partial charge in [0.1, 0.15) is 0 Å². The van der Waals surface area contributed by atoms with E-state index in [2.05, 4.69) is 149 Å². The zero-order chi connectivity index (χ0) is 27.2. The molecule has 3 heteroatoms. The molecule has 41 heavy (non-hydrogen) atoms. The fraction of sp³-hybridized carbons (Fsp3) is 0.0526. The first-order valence-corrected chi connectivity index (χ1v) is 14.2. The Morgan fingerprint density at radius 2 is 1.07 bits per heavy atom. The Hall–Kier alpha value is -5.28. The van der Waals surface area contributed by atoms with Gasteiger partial charge >= 0.3 is 0 Å². The van der Waals surface area contributed by atoms with E-state index in [1.165, 1.54) is 76.9 Å². The maximum absolute atomic E-state index is 3.70. The van der Waals surface area contributed by atoms with Crippen molar-refractivity contribution in [3.63, 3.8) is 0 Å². The van der Waals surface area contributed by atoms with Crippen LogP contribution in [0.4, 0.5) is 0 Å². The van der Waals surface area contributed by atoms with E-state index in [0.717, 1.165) is 11.0 Å². The highest BCUT2D eigenvalue weighted by molar-refractivity contribution is 6.14. The van der Waals surface area contributed by atoms with Crippen molar-refractivity contribution >= 4 is 65.4 Å². The normalized spacial score (nSPS) is 12.1. The highest BCUT2D eigenvalue weighted by atomic mass is 15.0. The summed E-state index contributed by atoms with van der Waals surface area (Å²) in [5.41, 5.74) is 12.2. The smallest absolute Gasteiger partial charge is 0.0543 e. The number of fused-ring (bicyclic) bond motifs is 9. The molecule has 9 aromatic rings. The Kier molecular flexibility index (Phi) is 4.46. The monoisotopic (exact) mass is 525 g/mol. The molecule has 1 N–H and O–H groups in total. The van der Waals surface area contributed by atoms with Crippen LogP contribution in [0.25, 0.3) is 76.8 Å². The minimum absolute atomic E-state index is 1.16. The number of para-hydroxylation sites is 3. The maximum atomic E-state index is 3.70. The number of aromatic amines is 1. The number of nitrogens with one attached hydrogen (secondary N) is 1. The highest BCUT2D eigenvalue weighted by Crippen LogP contribution is 2.39. The number of hydrogen-bond donors (Lipinski definition) is 1. The summed E-state index contributed by atoms with van der Waals surface area (Å²) in [6, 6.07) is 44.2. The average Bonchev–Trinajstić information content (AvgIpc) is 3.66. The summed E-state index contributed by atoms with van der Waals surface area (Å²) in [5, 5.41) is 7.71. The van der Waals surface area contributed by atoms with Gasteiger partial charge in [-0.15, -0.1) is 0 Å². The summed E-state index contributed by atoms with van der Waals surface area (Å²) in [6.45, 7) is 4.48. The molecule has 9 rings (SSSR count). The Morgan fingerprint density at radius 3 is 1.80 bits per heavy atom. The molecule has 0 spiro atoms. The van der Waals surface area contributed by atoms with Gasteiger partial charge in [0.15, 0.2) is 0 Å². The first kappa shape index (κ1) is 22.5. The molecule has 194 valence electrons. The summed E-state index contributed by atoms with van der Waals surface area (Å²) in [4.78, 5) is 3.70. The molecule has 0 aliphatic rings. The molecule has 0 atom stereocenters. The topological polar surface area (TPSA) is 25.6 Å². The van der Waals surface area contributed by atoms with Crippen LogP contribution in [0.2, 0.25) is 0 Å². The Morgan fingerprint density at radius 1 is 0.463 bits per heavy atom. The van der Waals surface area contributed by atoms with E-state index in [4.69, 9.17) is 0 Å². The van der Waals surface area contributed by atoms with Crippen LogP contribution >= 0.6 is 0 Å². The van der Waals surface area contributed by atoms with Crippen molar-refractivity contribution in [1.29, 1.82) is 0 Å². The number of benzene rings is 6. The number of aromatic nitrogens is 3. The fourth-order valence-electron chi connectivity index (χ4n) is 7.19. The van der Waals surface area contributed by atoms with Crippen LogP contribution in [0.3, 0.4) is 0 Å². The van der Waals surface area contributed by atoms with E-state index in [-0.39, 0.29) is 0 Å². The Balaban J connectivity index is 1.35. The third kappa shape index (κ3) is 2.98. The lowest BCUT2D eigenvalue weighted by Crippen LogP contribution is -1.97. The van der Waals surface area contributed by atoms with Crippen LogP contribution in [0.15, 0.2) is 121 Å². The SMILES string of the molecule is Cc1c(-n2c3ccccc3c3ccccc32)ccc2[nH]c3ccc(-n4c5ccccc5c5c(C)cccc54)cc3c12. The summed E-state index contributed by atoms with van der Waals surface area (Å²) < 4.78 is 4.85. The zero-order valence-electron chi connectivity index (χ0n) is 22.9. The van der Waals surface area contributed by atoms with Crippen molar-refractivity contribution in [2.24, 2.45) is 0 Å². The van der Waals surface area contributed by atoms with Gasteiger partial charge in [0, 0.05) is 54.7 Å². The third-order valence-corrected chi connectivity index (χ3v) is 8.96. The van der Waals surface area contributed by atoms with Crippen LogP contribution in [-0.2, 0) is 0 Å². The van der Waals surface area contributed by atoms with Crippen LogP contribution < -0.4 is 0 Å². The number of rotatable bonds is 2. The van der Waals surface area contributed by atoms with Crippen molar-refractivity contribution in [2.75, 3.05) is 0 Å². The van der Waals surface area contributed by atoms with E-state index in [9.17, 15) is 0 Å². The second kappa shape index (κ2) is 8.12. The number of aryl methyl sites for hydroxylation is 2. The van der Waals surface area contributed by atoms with Crippen molar-refractivity contribution in [2.45, 2.75) is 13.8 Å². The standard InChI is InChI=1S/C38H27N3/c1-23-10-9-17-36-37(23)28-13-5-8-16-35(28)40(36)25-18-19-30-29(22-25)38-24(2)32(21-20-31(38)39-30)41-33-14-6-3-11-26(33)27-12-4-7-15-34(27)41/h3-22,39H,1-2H3. The van der Waals surface area contributed by atoms with E-state index in [1.54, 1.807) is 0 Å². The second-order valence-electron chi connectivity index (χ2n) is 11.2. The van der Waals surface area contributed by atoms with E-state index >= 15 is 0 Å². The van der Waals surface area contributed by atoms with Gasteiger partial charge in [-0.1, -0.05) is 66.7 Å². The minimum atomic E-state index is 1.16. The lowest BCUT2D eigenvalue weighted by atomic mass is 10.0. The van der Waals surface area contributed by atoms with Gasteiger partial charge in [0.25, 0.3) is 0 Å². The Bertz CT molecular complexity index is 2450. The van der Waals surface area contributed by atoms with Gasteiger partial charge < -0.3 is 14.1 Å². The molecular weight excluding hydrogens is 498 g/mol. The molecule has 0 saturated carbocycles. The summed E-state index contributed by atoms with van der Waals surface area (Å²) in [5.74, 6) is 0. The average molecular weight is 526 g/mol. The van der Waals surface area contributed by atoms with Gasteiger partial charge in [-0.05, 0) is 79.6 Å². The van der Waals surface area contributed by atoms with Crippen molar-refractivity contribution in [1.82, 2.24) is 14.1 Å². The molecule has 0 fully saturated rings. The number of nitrogens with zero attached hydrogens (tertiary/aromatic N) is 2. The van der Waals surface area contributed by atoms with E-state index in [0.29, 0.717) is 0 Å². The first-order chi connectivity index (χ1) is 20.2. The molecular formula is C38H27N3. The predicted octanol–water partition coefficient (Wildman–Crippen LogP) is 10.1. The molecule has 0 bridgehead atoms. The molecule has 3 heterocycles. The summed E-state index contributed by atoms with van der Waals surface area (Å²) in [7, 11) is 0. The van der Waals surface area contributed by atoms with Crippen molar-refractivity contribution in [3.8, 4) is 11.4 Å². The fourth-order valence-corrected chi connectivity index (χ4v) is 7.19. The summed E-state index contributed by atoms with van der Waals surface area (Å²) in [6.07, 6.45) is 0. The Labute approximate surface area is 236 Å². The molecule has 0 aliphatic carbocycles. The van der Waals surface area contributed by atoms with Gasteiger partial charge in [-0.3, -0.25) is 0 Å². The van der Waals surface area contributed by atoms with E-state index in [1.807, 2.05) is 0 Å². The molecule has 3 nitrogen and oxygen atoms in total. The number of H-pyrrole nitrogens is 1. The minimum Gasteiger partial charge on any atom is -0.354 e.